The second kappa shape index (κ2) is 4.04. The summed E-state index contributed by atoms with van der Waals surface area (Å²) in [6, 6.07) is 12.6. The van der Waals surface area contributed by atoms with Gasteiger partial charge in [-0.15, -0.1) is 0 Å². The minimum Gasteiger partial charge on any atom is -0.478 e. The Balaban J connectivity index is 2.26. The number of carboxylic acids is 1. The number of hydrogen-bond acceptors (Lipinski definition) is 2. The van der Waals surface area contributed by atoms with Gasteiger partial charge in [0.25, 0.3) is 0 Å². The van der Waals surface area contributed by atoms with E-state index in [0.717, 1.165) is 16.0 Å². The van der Waals surface area contributed by atoms with Crippen molar-refractivity contribution in [2.24, 2.45) is 0 Å². The Hall–Kier alpha value is -2.55. The van der Waals surface area contributed by atoms with Crippen LogP contribution in [0.15, 0.2) is 42.5 Å². The van der Waals surface area contributed by atoms with E-state index in [9.17, 15) is 4.79 Å². The van der Waals surface area contributed by atoms with Gasteiger partial charge < -0.3 is 9.84 Å². The van der Waals surface area contributed by atoms with Crippen molar-refractivity contribution in [1.29, 1.82) is 0 Å². The first-order valence-corrected chi connectivity index (χ1v) is 5.55. The summed E-state index contributed by atoms with van der Waals surface area (Å²) < 4.78 is 5.56. The highest BCUT2D eigenvalue weighted by Crippen LogP contribution is 2.22. The predicted octanol–water partition coefficient (Wildman–Crippen LogP) is 1.34. The van der Waals surface area contributed by atoms with E-state index in [2.05, 4.69) is 0 Å². The van der Waals surface area contributed by atoms with Gasteiger partial charge in [-0.25, -0.2) is 4.79 Å². The summed E-state index contributed by atoms with van der Waals surface area (Å²) in [6.45, 7) is 0. The maximum atomic E-state index is 11.0. The topological polar surface area (TPSA) is 46.5 Å². The van der Waals surface area contributed by atoms with Crippen LogP contribution in [-0.4, -0.2) is 11.1 Å². The molecule has 3 rings (SSSR count). The number of carboxylic acid groups (broad SMARTS) is 1. The molecule has 2 aromatic rings. The maximum absolute atomic E-state index is 11.0. The molecule has 1 aliphatic heterocycles. The molecule has 1 aliphatic rings. The molecule has 0 atom stereocenters. The zero-order chi connectivity index (χ0) is 12.5. The Morgan fingerprint density at radius 3 is 2.61 bits per heavy atom. The Bertz CT molecular complexity index is 745. The van der Waals surface area contributed by atoms with Gasteiger partial charge in [-0.2, -0.15) is 0 Å². The number of ether oxygens (including phenoxy) is 1. The zero-order valence-corrected chi connectivity index (χ0v) is 9.46. The van der Waals surface area contributed by atoms with E-state index in [1.807, 2.05) is 30.3 Å². The summed E-state index contributed by atoms with van der Waals surface area (Å²) in [5, 5.41) is 11.0. The zero-order valence-electron chi connectivity index (χ0n) is 9.46. The highest BCUT2D eigenvalue weighted by molar-refractivity contribution is 5.89. The van der Waals surface area contributed by atoms with Crippen LogP contribution in [0.5, 0.6) is 5.75 Å². The van der Waals surface area contributed by atoms with E-state index in [0.29, 0.717) is 5.75 Å². The van der Waals surface area contributed by atoms with E-state index < -0.39 is 5.97 Å². The third kappa shape index (κ3) is 1.76. The lowest BCUT2D eigenvalue weighted by molar-refractivity contribution is 0.0697. The van der Waals surface area contributed by atoms with Gasteiger partial charge >= 0.3 is 5.97 Å². The molecule has 0 radical (unpaired) electrons. The van der Waals surface area contributed by atoms with Gasteiger partial charge in [0.2, 0.25) is 0 Å². The van der Waals surface area contributed by atoms with Gasteiger partial charge in [0.15, 0.2) is 0 Å². The van der Waals surface area contributed by atoms with Gasteiger partial charge in [0.1, 0.15) is 5.75 Å². The lowest BCUT2D eigenvalue weighted by Gasteiger charge is -2.04. The molecular formula is C15H10O3. The first-order chi connectivity index (χ1) is 8.74. The number of carbonyl (C=O) groups is 1. The van der Waals surface area contributed by atoms with Crippen LogP contribution in [0.3, 0.4) is 0 Å². The Labute approximate surface area is 103 Å². The van der Waals surface area contributed by atoms with Crippen LogP contribution in [0.25, 0.3) is 12.3 Å². The van der Waals surface area contributed by atoms with Crippen molar-refractivity contribution in [1.82, 2.24) is 0 Å². The highest BCUT2D eigenvalue weighted by Gasteiger charge is 2.09. The molecule has 0 saturated carbocycles. The van der Waals surface area contributed by atoms with E-state index in [4.69, 9.17) is 9.84 Å². The summed E-state index contributed by atoms with van der Waals surface area (Å²) in [6.07, 6.45) is 3.61. The van der Waals surface area contributed by atoms with Crippen LogP contribution < -0.4 is 15.2 Å². The normalized spacial score (nSPS) is 12.0. The molecule has 0 saturated heterocycles. The smallest absolute Gasteiger partial charge is 0.335 e. The molecular weight excluding hydrogens is 228 g/mol. The molecule has 3 heteroatoms. The number of aromatic carboxylic acids is 1. The SMILES string of the molecule is O=C(O)c1ccc2c(c1)C=c1ccccc1=CO2. The lowest BCUT2D eigenvalue weighted by atomic mass is 10.1. The first kappa shape index (κ1) is 10.6. The van der Waals surface area contributed by atoms with Crippen molar-refractivity contribution in [3.8, 4) is 5.75 Å². The summed E-state index contributed by atoms with van der Waals surface area (Å²) in [7, 11) is 0. The Morgan fingerprint density at radius 2 is 1.83 bits per heavy atom. The average molecular weight is 238 g/mol. The molecule has 3 nitrogen and oxygen atoms in total. The second-order valence-corrected chi connectivity index (χ2v) is 4.07. The first-order valence-electron chi connectivity index (χ1n) is 5.55. The van der Waals surface area contributed by atoms with Crippen LogP contribution in [0.4, 0.5) is 0 Å². The summed E-state index contributed by atoms with van der Waals surface area (Å²) in [4.78, 5) is 11.0. The average Bonchev–Trinajstić information content (AvgIpc) is 2.56. The van der Waals surface area contributed by atoms with Crippen molar-refractivity contribution in [3.63, 3.8) is 0 Å². The van der Waals surface area contributed by atoms with Crippen LogP contribution >= 0.6 is 0 Å². The fraction of sp³-hybridized carbons (Fsp3) is 0. The summed E-state index contributed by atoms with van der Waals surface area (Å²) in [5.41, 5.74) is 1.03. The van der Waals surface area contributed by atoms with Crippen LogP contribution in [0.1, 0.15) is 15.9 Å². The minimum absolute atomic E-state index is 0.257. The predicted molar refractivity (Wildman–Crippen MR) is 67.8 cm³/mol. The lowest BCUT2D eigenvalue weighted by Crippen LogP contribution is -2.23. The third-order valence-corrected chi connectivity index (χ3v) is 2.88. The van der Waals surface area contributed by atoms with Crippen molar-refractivity contribution in [2.75, 3.05) is 0 Å². The highest BCUT2D eigenvalue weighted by atomic mass is 16.5. The van der Waals surface area contributed by atoms with Gasteiger partial charge in [0.05, 0.1) is 11.8 Å². The molecule has 0 spiro atoms. The van der Waals surface area contributed by atoms with Crippen LogP contribution in [0.2, 0.25) is 0 Å². The van der Waals surface area contributed by atoms with E-state index >= 15 is 0 Å². The second-order valence-electron chi connectivity index (χ2n) is 4.07. The molecule has 0 aromatic heterocycles. The van der Waals surface area contributed by atoms with E-state index in [-0.39, 0.29) is 5.56 Å². The largest absolute Gasteiger partial charge is 0.478 e. The molecule has 18 heavy (non-hydrogen) atoms. The number of fused-ring (bicyclic) bond motifs is 2. The standard InChI is InChI=1S/C15H10O3/c16-15(17)11-5-6-14-13(8-11)7-10-3-1-2-4-12(10)9-18-14/h1-9H,(H,16,17). The number of benzene rings is 2. The van der Waals surface area contributed by atoms with Crippen LogP contribution in [0, 0.1) is 0 Å². The molecule has 88 valence electrons. The molecule has 0 fully saturated rings. The molecule has 1 N–H and O–H groups in total. The quantitative estimate of drug-likeness (QED) is 0.815. The van der Waals surface area contributed by atoms with Crippen molar-refractivity contribution >= 4 is 18.3 Å². The molecule has 0 aliphatic carbocycles. The van der Waals surface area contributed by atoms with Crippen LogP contribution in [-0.2, 0) is 0 Å². The summed E-state index contributed by atoms with van der Waals surface area (Å²) >= 11 is 0. The Kier molecular flexibility index (Phi) is 2.38. The van der Waals surface area contributed by atoms with Crippen molar-refractivity contribution < 1.29 is 14.6 Å². The monoisotopic (exact) mass is 238 g/mol. The van der Waals surface area contributed by atoms with Gasteiger partial charge in [-0.3, -0.25) is 0 Å². The van der Waals surface area contributed by atoms with E-state index in [1.165, 1.54) is 0 Å². The molecule has 2 aromatic carbocycles. The third-order valence-electron chi connectivity index (χ3n) is 2.88. The minimum atomic E-state index is -0.937. The van der Waals surface area contributed by atoms with E-state index in [1.54, 1.807) is 24.5 Å². The molecule has 0 bridgehead atoms. The van der Waals surface area contributed by atoms with Crippen molar-refractivity contribution in [3.05, 3.63) is 64.0 Å². The van der Waals surface area contributed by atoms with Gasteiger partial charge in [-0.05, 0) is 29.5 Å². The molecule has 0 unspecified atom stereocenters. The van der Waals surface area contributed by atoms with Gasteiger partial charge in [-0.1, -0.05) is 24.3 Å². The molecule has 1 heterocycles. The van der Waals surface area contributed by atoms with Gasteiger partial charge in [0, 0.05) is 10.8 Å². The van der Waals surface area contributed by atoms with Crippen molar-refractivity contribution in [2.45, 2.75) is 0 Å². The molecule has 0 amide bonds. The number of rotatable bonds is 1. The number of hydrogen-bond donors (Lipinski definition) is 1. The maximum Gasteiger partial charge on any atom is 0.335 e. The Morgan fingerprint density at radius 1 is 1.06 bits per heavy atom. The summed E-state index contributed by atoms with van der Waals surface area (Å²) in [5.74, 6) is -0.274. The fourth-order valence-electron chi connectivity index (χ4n) is 1.95. The fourth-order valence-corrected chi connectivity index (χ4v) is 1.95.